The van der Waals surface area contributed by atoms with E-state index in [0.29, 0.717) is 18.1 Å². The fourth-order valence-corrected chi connectivity index (χ4v) is 2.31. The maximum Gasteiger partial charge on any atom is 0.320 e. The van der Waals surface area contributed by atoms with E-state index in [1.807, 2.05) is 25.1 Å². The number of aromatic nitrogens is 2. The van der Waals surface area contributed by atoms with E-state index in [0.717, 1.165) is 22.7 Å². The summed E-state index contributed by atoms with van der Waals surface area (Å²) in [6.07, 6.45) is 4.35. The lowest BCUT2D eigenvalue weighted by Crippen LogP contribution is -2.28. The molecule has 3 N–H and O–H groups in total. The van der Waals surface area contributed by atoms with Crippen molar-refractivity contribution in [3.63, 3.8) is 0 Å². The summed E-state index contributed by atoms with van der Waals surface area (Å²) in [5.74, 6) is 0.0461. The van der Waals surface area contributed by atoms with Crippen LogP contribution in [0.2, 0.25) is 0 Å². The van der Waals surface area contributed by atoms with Gasteiger partial charge in [0.05, 0.1) is 18.1 Å². The molecule has 0 bridgehead atoms. The molecule has 0 aliphatic carbocycles. The third-order valence-electron chi connectivity index (χ3n) is 3.33. The molecule has 0 aliphatic heterocycles. The van der Waals surface area contributed by atoms with Crippen LogP contribution in [-0.4, -0.2) is 22.5 Å². The van der Waals surface area contributed by atoms with Crippen LogP contribution in [0, 0.1) is 5.82 Å². The lowest BCUT2D eigenvalue weighted by molar-refractivity contribution is 0.252. The van der Waals surface area contributed by atoms with Crippen molar-refractivity contribution in [3.05, 3.63) is 54.7 Å². The van der Waals surface area contributed by atoms with Gasteiger partial charge in [-0.3, -0.25) is 10.3 Å². The molecule has 1 aromatic carbocycles. The summed E-state index contributed by atoms with van der Waals surface area (Å²) in [5, 5.41) is 10.2. The second kappa shape index (κ2) is 8.25. The highest BCUT2D eigenvalue weighted by molar-refractivity contribution is 5.97. The maximum absolute atomic E-state index is 13.3. The number of urea groups is 1. The minimum Gasteiger partial charge on any atom is -0.354 e. The van der Waals surface area contributed by atoms with Crippen molar-refractivity contribution < 1.29 is 9.18 Å². The lowest BCUT2D eigenvalue weighted by Gasteiger charge is -2.11. The Morgan fingerprint density at radius 2 is 2.04 bits per heavy atom. The summed E-state index contributed by atoms with van der Waals surface area (Å²) in [7, 11) is 0. The Labute approximate surface area is 150 Å². The number of halogens is 2. The van der Waals surface area contributed by atoms with Crippen molar-refractivity contribution >= 4 is 46.4 Å². The quantitative estimate of drug-likeness (QED) is 0.654. The van der Waals surface area contributed by atoms with Crippen molar-refractivity contribution in [2.75, 3.05) is 17.2 Å². The summed E-state index contributed by atoms with van der Waals surface area (Å²) in [4.78, 5) is 19.6. The van der Waals surface area contributed by atoms with Crippen LogP contribution in [0.1, 0.15) is 6.92 Å². The van der Waals surface area contributed by atoms with Crippen LogP contribution in [0.25, 0.3) is 10.8 Å². The van der Waals surface area contributed by atoms with Gasteiger partial charge in [-0.25, -0.2) is 14.2 Å². The Morgan fingerprint density at radius 1 is 1.20 bits per heavy atom. The van der Waals surface area contributed by atoms with E-state index in [4.69, 9.17) is 0 Å². The zero-order valence-electron chi connectivity index (χ0n) is 13.4. The van der Waals surface area contributed by atoms with Gasteiger partial charge in [-0.05, 0) is 24.4 Å². The highest BCUT2D eigenvalue weighted by Gasteiger charge is 2.06. The number of anilines is 3. The Kier molecular flexibility index (Phi) is 6.08. The summed E-state index contributed by atoms with van der Waals surface area (Å²) in [6, 6.07) is 8.49. The van der Waals surface area contributed by atoms with Crippen molar-refractivity contribution in [2.45, 2.75) is 6.92 Å². The molecular weight excluding hydrogens is 345 g/mol. The van der Waals surface area contributed by atoms with Gasteiger partial charge in [0.2, 0.25) is 0 Å². The van der Waals surface area contributed by atoms with Crippen LogP contribution < -0.4 is 16.0 Å². The Hall–Kier alpha value is -2.93. The molecular formula is C17H17ClFN5O. The number of benzene rings is 1. The van der Waals surface area contributed by atoms with Crippen LogP contribution >= 0.6 is 12.4 Å². The first kappa shape index (κ1) is 18.4. The number of nitrogens with zero attached hydrogens (tertiary/aromatic N) is 2. The number of carbonyl (C=O) groups excluding carboxylic acids is 1. The van der Waals surface area contributed by atoms with Gasteiger partial charge in [0.15, 0.2) is 0 Å². The van der Waals surface area contributed by atoms with E-state index in [9.17, 15) is 9.18 Å². The predicted molar refractivity (Wildman–Crippen MR) is 99.2 cm³/mol. The summed E-state index contributed by atoms with van der Waals surface area (Å²) < 4.78 is 13.3. The molecule has 3 rings (SSSR count). The first-order valence-corrected chi connectivity index (χ1v) is 7.47. The topological polar surface area (TPSA) is 78.9 Å². The maximum atomic E-state index is 13.3. The molecule has 25 heavy (non-hydrogen) atoms. The summed E-state index contributed by atoms with van der Waals surface area (Å²) in [5.41, 5.74) is 1.32. The zero-order chi connectivity index (χ0) is 16.9. The highest BCUT2D eigenvalue weighted by atomic mass is 35.5. The molecule has 6 nitrogen and oxygen atoms in total. The second-order valence-electron chi connectivity index (χ2n) is 5.10. The van der Waals surface area contributed by atoms with Gasteiger partial charge in [-0.15, -0.1) is 12.4 Å². The van der Waals surface area contributed by atoms with Crippen LogP contribution in [0.5, 0.6) is 0 Å². The van der Waals surface area contributed by atoms with Gasteiger partial charge < -0.3 is 10.6 Å². The van der Waals surface area contributed by atoms with E-state index >= 15 is 0 Å². The third kappa shape index (κ3) is 4.54. The first-order chi connectivity index (χ1) is 11.7. The van der Waals surface area contributed by atoms with Gasteiger partial charge in [0.1, 0.15) is 11.6 Å². The molecule has 0 aliphatic rings. The summed E-state index contributed by atoms with van der Waals surface area (Å²) in [6.45, 7) is 2.38. The van der Waals surface area contributed by atoms with Gasteiger partial charge in [-0.2, -0.15) is 0 Å². The molecule has 2 aromatic heterocycles. The van der Waals surface area contributed by atoms with Crippen LogP contribution in [0.3, 0.4) is 0 Å². The number of carbonyl (C=O) groups is 1. The Bertz CT molecular complexity index is 890. The highest BCUT2D eigenvalue weighted by Crippen LogP contribution is 2.27. The fourth-order valence-electron chi connectivity index (χ4n) is 2.31. The number of hydrogen-bond donors (Lipinski definition) is 3. The average Bonchev–Trinajstić information content (AvgIpc) is 2.55. The summed E-state index contributed by atoms with van der Waals surface area (Å²) >= 11 is 0. The first-order valence-electron chi connectivity index (χ1n) is 7.47. The Morgan fingerprint density at radius 3 is 2.80 bits per heavy atom. The molecule has 2 amide bonds. The van der Waals surface area contributed by atoms with Crippen molar-refractivity contribution in [1.29, 1.82) is 0 Å². The van der Waals surface area contributed by atoms with Crippen molar-refractivity contribution in [3.8, 4) is 0 Å². The molecule has 0 saturated carbocycles. The fraction of sp³-hybridized carbons (Fsp3) is 0.118. The normalized spacial score (nSPS) is 10.0. The smallest absolute Gasteiger partial charge is 0.320 e. The van der Waals surface area contributed by atoms with E-state index in [2.05, 4.69) is 25.9 Å². The average molecular weight is 362 g/mol. The van der Waals surface area contributed by atoms with Crippen LogP contribution in [-0.2, 0) is 0 Å². The predicted octanol–water partition coefficient (Wildman–Crippen LogP) is 4.08. The second-order valence-corrected chi connectivity index (χ2v) is 5.10. The van der Waals surface area contributed by atoms with E-state index in [-0.39, 0.29) is 18.4 Å². The van der Waals surface area contributed by atoms with Gasteiger partial charge in [0, 0.05) is 29.9 Å². The zero-order valence-corrected chi connectivity index (χ0v) is 14.2. The molecule has 0 atom stereocenters. The molecule has 0 radical (unpaired) electrons. The van der Waals surface area contributed by atoms with E-state index in [1.54, 1.807) is 18.5 Å². The number of pyridine rings is 2. The number of nitrogens with one attached hydrogen (secondary N) is 3. The monoisotopic (exact) mass is 361 g/mol. The molecule has 0 unspecified atom stereocenters. The molecule has 0 spiro atoms. The molecule has 2 heterocycles. The number of hydrogen-bond acceptors (Lipinski definition) is 4. The number of fused-ring (bicyclic) bond motifs is 1. The van der Waals surface area contributed by atoms with Gasteiger partial charge >= 0.3 is 6.03 Å². The minimum atomic E-state index is -0.410. The molecule has 0 fully saturated rings. The third-order valence-corrected chi connectivity index (χ3v) is 3.33. The number of rotatable bonds is 4. The lowest BCUT2D eigenvalue weighted by atomic mass is 10.1. The standard InChI is InChI=1S/C17H16FN5O.ClH/c1-2-20-17(24)23-16-6-11-4-3-5-15(14(11)10-21-16)22-13-7-12(18)8-19-9-13;/h3-10,22H,2H2,1H3,(H2,20,21,23,24);1H. The van der Waals surface area contributed by atoms with Gasteiger partial charge in [-0.1, -0.05) is 12.1 Å². The minimum absolute atomic E-state index is 0. The van der Waals surface area contributed by atoms with E-state index in [1.165, 1.54) is 6.07 Å². The van der Waals surface area contributed by atoms with Crippen molar-refractivity contribution in [2.24, 2.45) is 0 Å². The van der Waals surface area contributed by atoms with Crippen LogP contribution in [0.4, 0.5) is 26.4 Å². The molecule has 8 heteroatoms. The van der Waals surface area contributed by atoms with Crippen molar-refractivity contribution in [1.82, 2.24) is 15.3 Å². The molecule has 0 saturated heterocycles. The number of amides is 2. The van der Waals surface area contributed by atoms with E-state index < -0.39 is 5.82 Å². The van der Waals surface area contributed by atoms with Crippen LogP contribution in [0.15, 0.2) is 48.9 Å². The SMILES string of the molecule is CCNC(=O)Nc1cc2cccc(Nc3cncc(F)c3)c2cn1.Cl. The Balaban J connectivity index is 0.00000225. The molecule has 3 aromatic rings. The largest absolute Gasteiger partial charge is 0.354 e. The van der Waals surface area contributed by atoms with Gasteiger partial charge in [0.25, 0.3) is 0 Å². The molecule has 130 valence electrons.